The Labute approximate surface area is 148 Å². The van der Waals surface area contributed by atoms with Crippen molar-refractivity contribution in [1.82, 2.24) is 9.88 Å². The molecule has 1 aromatic carbocycles. The number of ether oxygens (including phenoxy) is 2. The van der Waals surface area contributed by atoms with Crippen LogP contribution in [0.2, 0.25) is 0 Å². The molecule has 0 unspecified atom stereocenters. The van der Waals surface area contributed by atoms with Gasteiger partial charge in [0.25, 0.3) is 5.91 Å². The quantitative estimate of drug-likeness (QED) is 0.866. The molecule has 0 aliphatic carbocycles. The number of methoxy groups -OCH3 is 2. The summed E-state index contributed by atoms with van der Waals surface area (Å²) >= 11 is 0. The third-order valence-corrected chi connectivity index (χ3v) is 4.56. The molecule has 2 aromatic rings. The minimum absolute atomic E-state index is 0.0359. The molecular weight excluding hydrogens is 318 g/mol. The molecule has 6 heteroatoms. The summed E-state index contributed by atoms with van der Waals surface area (Å²) in [5.41, 5.74) is 1.59. The van der Waals surface area contributed by atoms with Crippen LogP contribution in [0.4, 0.5) is 0 Å². The number of aromatic nitrogens is 1. The second-order valence-electron chi connectivity index (χ2n) is 6.08. The van der Waals surface area contributed by atoms with E-state index in [2.05, 4.69) is 4.98 Å². The highest BCUT2D eigenvalue weighted by Crippen LogP contribution is 2.29. The Kier molecular flexibility index (Phi) is 5.50. The van der Waals surface area contributed by atoms with Gasteiger partial charge in [-0.3, -0.25) is 9.78 Å². The normalized spacial score (nSPS) is 15.0. The van der Waals surface area contributed by atoms with Crippen molar-refractivity contribution >= 4 is 5.91 Å². The molecule has 0 spiro atoms. The number of amides is 1. The molecule has 3 rings (SSSR count). The molecule has 0 saturated carbocycles. The van der Waals surface area contributed by atoms with Crippen LogP contribution in [0.5, 0.6) is 11.5 Å². The Balaban J connectivity index is 1.66. The second kappa shape index (κ2) is 7.98. The number of quaternary nitrogens is 1. The summed E-state index contributed by atoms with van der Waals surface area (Å²) in [5.74, 6) is 1.06. The summed E-state index contributed by atoms with van der Waals surface area (Å²) in [4.78, 5) is 20.7. The molecule has 0 atom stereocenters. The Bertz CT molecular complexity index is 691. The Morgan fingerprint density at radius 3 is 2.32 bits per heavy atom. The molecule has 2 heterocycles. The van der Waals surface area contributed by atoms with Gasteiger partial charge in [-0.1, -0.05) is 12.1 Å². The molecule has 25 heavy (non-hydrogen) atoms. The standard InChI is InChI=1S/C19H23N3O3/c1-24-16-7-5-8-17(25-2)18(16)19(23)22-12-10-21(11-13-22)14-15-6-3-4-9-20-15/h3-9H,10-14H2,1-2H3/p+1. The maximum atomic E-state index is 13.0. The maximum absolute atomic E-state index is 13.0. The zero-order valence-corrected chi connectivity index (χ0v) is 14.7. The molecule has 1 N–H and O–H groups in total. The third-order valence-electron chi connectivity index (χ3n) is 4.56. The summed E-state index contributed by atoms with van der Waals surface area (Å²) in [5, 5.41) is 0. The summed E-state index contributed by atoms with van der Waals surface area (Å²) in [7, 11) is 3.14. The zero-order valence-electron chi connectivity index (χ0n) is 14.7. The summed E-state index contributed by atoms with van der Waals surface area (Å²) in [6, 6.07) is 11.4. The van der Waals surface area contributed by atoms with Crippen LogP contribution in [-0.2, 0) is 6.54 Å². The van der Waals surface area contributed by atoms with Crippen LogP contribution < -0.4 is 14.4 Å². The number of hydrogen-bond acceptors (Lipinski definition) is 4. The molecule has 132 valence electrons. The van der Waals surface area contributed by atoms with Crippen LogP contribution in [0.15, 0.2) is 42.6 Å². The summed E-state index contributed by atoms with van der Waals surface area (Å²) in [6.07, 6.45) is 1.82. The van der Waals surface area contributed by atoms with Gasteiger partial charge in [-0.05, 0) is 24.3 Å². The minimum atomic E-state index is -0.0359. The number of nitrogens with one attached hydrogen (secondary N) is 1. The van der Waals surface area contributed by atoms with E-state index in [1.54, 1.807) is 26.4 Å². The number of benzene rings is 1. The van der Waals surface area contributed by atoms with Crippen LogP contribution in [0, 0.1) is 0 Å². The SMILES string of the molecule is COc1cccc(OC)c1C(=O)N1CC[NH+](Cc2ccccn2)CC1. The predicted molar refractivity (Wildman–Crippen MR) is 94.1 cm³/mol. The fourth-order valence-electron chi connectivity index (χ4n) is 3.18. The fourth-order valence-corrected chi connectivity index (χ4v) is 3.18. The van der Waals surface area contributed by atoms with Gasteiger partial charge in [0.15, 0.2) is 0 Å². The number of carbonyl (C=O) groups excluding carboxylic acids is 1. The van der Waals surface area contributed by atoms with Crippen LogP contribution >= 0.6 is 0 Å². The number of piperazine rings is 1. The lowest BCUT2D eigenvalue weighted by Gasteiger charge is -2.32. The number of hydrogen-bond donors (Lipinski definition) is 1. The topological polar surface area (TPSA) is 56.1 Å². The van der Waals surface area contributed by atoms with Gasteiger partial charge in [0, 0.05) is 6.20 Å². The van der Waals surface area contributed by atoms with E-state index in [4.69, 9.17) is 9.47 Å². The Morgan fingerprint density at radius 1 is 1.08 bits per heavy atom. The van der Waals surface area contributed by atoms with Crippen molar-refractivity contribution in [2.45, 2.75) is 6.54 Å². The molecule has 1 amide bonds. The lowest BCUT2D eigenvalue weighted by molar-refractivity contribution is -0.917. The first-order valence-corrected chi connectivity index (χ1v) is 8.46. The average molecular weight is 342 g/mol. The molecule has 1 aliphatic rings. The molecule has 0 bridgehead atoms. The summed E-state index contributed by atoms with van der Waals surface area (Å²) < 4.78 is 10.7. The highest BCUT2D eigenvalue weighted by molar-refractivity contribution is 5.99. The van der Waals surface area contributed by atoms with Crippen molar-refractivity contribution < 1.29 is 19.2 Å². The van der Waals surface area contributed by atoms with Crippen molar-refractivity contribution in [2.75, 3.05) is 40.4 Å². The smallest absolute Gasteiger partial charge is 0.261 e. The molecule has 6 nitrogen and oxygen atoms in total. The lowest BCUT2D eigenvalue weighted by Crippen LogP contribution is -3.13. The van der Waals surface area contributed by atoms with E-state index < -0.39 is 0 Å². The fraction of sp³-hybridized carbons (Fsp3) is 0.368. The van der Waals surface area contributed by atoms with Crippen LogP contribution in [0.25, 0.3) is 0 Å². The van der Waals surface area contributed by atoms with E-state index in [9.17, 15) is 4.79 Å². The number of rotatable bonds is 5. The highest BCUT2D eigenvalue weighted by atomic mass is 16.5. The van der Waals surface area contributed by atoms with Gasteiger partial charge in [0.2, 0.25) is 0 Å². The van der Waals surface area contributed by atoms with Crippen molar-refractivity contribution in [2.24, 2.45) is 0 Å². The Hall–Kier alpha value is -2.60. The zero-order chi connectivity index (χ0) is 17.6. The largest absolute Gasteiger partial charge is 0.496 e. The van der Waals surface area contributed by atoms with Gasteiger partial charge < -0.3 is 19.3 Å². The number of nitrogens with zero attached hydrogens (tertiary/aromatic N) is 2. The van der Waals surface area contributed by atoms with Gasteiger partial charge >= 0.3 is 0 Å². The Morgan fingerprint density at radius 2 is 1.76 bits per heavy atom. The molecule has 1 saturated heterocycles. The minimum Gasteiger partial charge on any atom is -0.496 e. The van der Waals surface area contributed by atoms with E-state index in [0.717, 1.165) is 25.3 Å². The first-order chi connectivity index (χ1) is 12.2. The molecule has 0 radical (unpaired) electrons. The average Bonchev–Trinajstić information content (AvgIpc) is 2.68. The molecule has 1 aromatic heterocycles. The number of pyridine rings is 1. The van der Waals surface area contributed by atoms with E-state index in [1.807, 2.05) is 35.4 Å². The molecule has 1 aliphatic heterocycles. The molecular formula is C19H24N3O3+. The predicted octanol–water partition coefficient (Wildman–Crippen LogP) is 0.640. The lowest BCUT2D eigenvalue weighted by atomic mass is 10.1. The van der Waals surface area contributed by atoms with Crippen molar-refractivity contribution in [3.63, 3.8) is 0 Å². The van der Waals surface area contributed by atoms with Gasteiger partial charge in [0.05, 0.1) is 46.1 Å². The third kappa shape index (κ3) is 3.91. The van der Waals surface area contributed by atoms with Gasteiger partial charge in [-0.25, -0.2) is 0 Å². The van der Waals surface area contributed by atoms with E-state index in [0.29, 0.717) is 30.2 Å². The van der Waals surface area contributed by atoms with Crippen LogP contribution in [0.1, 0.15) is 16.1 Å². The highest BCUT2D eigenvalue weighted by Gasteiger charge is 2.28. The molecule has 1 fully saturated rings. The second-order valence-corrected chi connectivity index (χ2v) is 6.08. The van der Waals surface area contributed by atoms with Crippen molar-refractivity contribution in [3.05, 3.63) is 53.9 Å². The summed E-state index contributed by atoms with van der Waals surface area (Å²) in [6.45, 7) is 4.12. The van der Waals surface area contributed by atoms with Crippen molar-refractivity contribution in [3.8, 4) is 11.5 Å². The van der Waals surface area contributed by atoms with Crippen LogP contribution in [0.3, 0.4) is 0 Å². The number of carbonyl (C=O) groups is 1. The van der Waals surface area contributed by atoms with Gasteiger partial charge in [0.1, 0.15) is 23.6 Å². The first kappa shape index (κ1) is 17.2. The van der Waals surface area contributed by atoms with E-state index in [-0.39, 0.29) is 5.91 Å². The van der Waals surface area contributed by atoms with E-state index in [1.165, 1.54) is 4.90 Å². The van der Waals surface area contributed by atoms with E-state index >= 15 is 0 Å². The van der Waals surface area contributed by atoms with Crippen LogP contribution in [-0.4, -0.2) is 56.2 Å². The first-order valence-electron chi connectivity index (χ1n) is 8.46. The van der Waals surface area contributed by atoms with Gasteiger partial charge in [-0.2, -0.15) is 0 Å². The maximum Gasteiger partial charge on any atom is 0.261 e. The monoisotopic (exact) mass is 342 g/mol. The van der Waals surface area contributed by atoms with Crippen molar-refractivity contribution in [1.29, 1.82) is 0 Å². The van der Waals surface area contributed by atoms with Gasteiger partial charge in [-0.15, -0.1) is 0 Å².